The molecule has 2 rings (SSSR count). The fourth-order valence-corrected chi connectivity index (χ4v) is 1.87. The van der Waals surface area contributed by atoms with Crippen molar-refractivity contribution < 1.29 is 0 Å². The van der Waals surface area contributed by atoms with Gasteiger partial charge in [-0.3, -0.25) is 0 Å². The molecule has 16 heavy (non-hydrogen) atoms. The Bertz CT molecular complexity index is 522. The molecule has 0 N–H and O–H groups in total. The highest BCUT2D eigenvalue weighted by Gasteiger charge is 2.08. The standard InChI is InChI=1S/C10H10Cl2N4/c1-6-13-7(2)16(15-6)10-4-3-8(12)9(5-11)14-10/h3-4H,5H2,1-2H3. The number of alkyl halides is 1. The maximum Gasteiger partial charge on any atom is 0.155 e. The first-order valence-electron chi connectivity index (χ1n) is 4.74. The van der Waals surface area contributed by atoms with Crippen molar-refractivity contribution in [3.8, 4) is 5.82 Å². The van der Waals surface area contributed by atoms with Crippen LogP contribution in [-0.2, 0) is 5.88 Å². The molecule has 0 fully saturated rings. The van der Waals surface area contributed by atoms with Gasteiger partial charge < -0.3 is 0 Å². The van der Waals surface area contributed by atoms with Crippen molar-refractivity contribution in [3.05, 3.63) is 34.5 Å². The summed E-state index contributed by atoms with van der Waals surface area (Å²) in [7, 11) is 0. The van der Waals surface area contributed by atoms with Gasteiger partial charge in [-0.1, -0.05) is 11.6 Å². The van der Waals surface area contributed by atoms with Gasteiger partial charge in [-0.15, -0.1) is 16.7 Å². The number of nitrogens with zero attached hydrogens (tertiary/aromatic N) is 4. The minimum atomic E-state index is 0.277. The molecule has 6 heteroatoms. The van der Waals surface area contributed by atoms with Gasteiger partial charge in [0.15, 0.2) is 5.82 Å². The van der Waals surface area contributed by atoms with Crippen molar-refractivity contribution in [2.45, 2.75) is 19.7 Å². The number of aryl methyl sites for hydroxylation is 2. The van der Waals surface area contributed by atoms with Crippen LogP contribution in [0, 0.1) is 13.8 Å². The largest absolute Gasteiger partial charge is 0.231 e. The zero-order chi connectivity index (χ0) is 11.7. The molecule has 4 nitrogen and oxygen atoms in total. The van der Waals surface area contributed by atoms with Crippen molar-refractivity contribution in [1.82, 2.24) is 19.7 Å². The molecule has 0 unspecified atom stereocenters. The molecule has 2 aromatic rings. The van der Waals surface area contributed by atoms with Crippen molar-refractivity contribution in [2.24, 2.45) is 0 Å². The highest BCUT2D eigenvalue weighted by Crippen LogP contribution is 2.18. The van der Waals surface area contributed by atoms with Gasteiger partial charge in [-0.2, -0.15) is 4.68 Å². The molecule has 0 aliphatic rings. The quantitative estimate of drug-likeness (QED) is 0.777. The first-order valence-corrected chi connectivity index (χ1v) is 5.65. The molecule has 0 saturated heterocycles. The molecule has 84 valence electrons. The average molecular weight is 257 g/mol. The van der Waals surface area contributed by atoms with E-state index in [9.17, 15) is 0 Å². The lowest BCUT2D eigenvalue weighted by atomic mass is 10.3. The van der Waals surface area contributed by atoms with E-state index in [1.54, 1.807) is 16.8 Å². The smallest absolute Gasteiger partial charge is 0.155 e. The third-order valence-electron chi connectivity index (χ3n) is 2.12. The van der Waals surface area contributed by atoms with Crippen LogP contribution in [0.2, 0.25) is 5.02 Å². The molecule has 0 bridgehead atoms. The lowest BCUT2D eigenvalue weighted by Gasteiger charge is -2.05. The van der Waals surface area contributed by atoms with E-state index in [1.165, 1.54) is 0 Å². The molecule has 0 spiro atoms. The van der Waals surface area contributed by atoms with Crippen LogP contribution in [0.3, 0.4) is 0 Å². The summed E-state index contributed by atoms with van der Waals surface area (Å²) in [5.41, 5.74) is 0.647. The van der Waals surface area contributed by atoms with E-state index in [2.05, 4.69) is 15.1 Å². The highest BCUT2D eigenvalue weighted by molar-refractivity contribution is 6.32. The molecular weight excluding hydrogens is 247 g/mol. The summed E-state index contributed by atoms with van der Waals surface area (Å²) in [5, 5.41) is 4.81. The lowest BCUT2D eigenvalue weighted by molar-refractivity contribution is 0.798. The summed E-state index contributed by atoms with van der Waals surface area (Å²) >= 11 is 11.7. The lowest BCUT2D eigenvalue weighted by Crippen LogP contribution is -2.03. The van der Waals surface area contributed by atoms with E-state index < -0.39 is 0 Å². The molecule has 0 saturated carbocycles. The number of hydrogen-bond donors (Lipinski definition) is 0. The zero-order valence-electron chi connectivity index (χ0n) is 8.91. The van der Waals surface area contributed by atoms with E-state index in [0.717, 1.165) is 5.82 Å². The van der Waals surface area contributed by atoms with Crippen LogP contribution in [0.25, 0.3) is 5.82 Å². The molecule has 0 radical (unpaired) electrons. The number of pyridine rings is 1. The number of rotatable bonds is 2. The molecule has 0 aliphatic carbocycles. The van der Waals surface area contributed by atoms with Crippen LogP contribution in [-0.4, -0.2) is 19.7 Å². The summed E-state index contributed by atoms with van der Waals surface area (Å²) in [4.78, 5) is 8.54. The van der Waals surface area contributed by atoms with Crippen LogP contribution in [0.15, 0.2) is 12.1 Å². The predicted molar refractivity (Wildman–Crippen MR) is 63.2 cm³/mol. The van der Waals surface area contributed by atoms with E-state index >= 15 is 0 Å². The van der Waals surface area contributed by atoms with Gasteiger partial charge in [0.05, 0.1) is 16.6 Å². The topological polar surface area (TPSA) is 43.6 Å². The monoisotopic (exact) mass is 256 g/mol. The predicted octanol–water partition coefficient (Wildman–Crippen LogP) is 2.67. The van der Waals surface area contributed by atoms with Crippen LogP contribution < -0.4 is 0 Å². The van der Waals surface area contributed by atoms with Crippen molar-refractivity contribution in [2.75, 3.05) is 0 Å². The van der Waals surface area contributed by atoms with Gasteiger partial charge in [0.1, 0.15) is 11.6 Å². The maximum atomic E-state index is 5.94. The molecule has 0 aliphatic heterocycles. The SMILES string of the molecule is Cc1nc(C)n(-c2ccc(Cl)c(CCl)n2)n1. The Balaban J connectivity index is 2.52. The molecule has 2 heterocycles. The van der Waals surface area contributed by atoms with Crippen molar-refractivity contribution >= 4 is 23.2 Å². The van der Waals surface area contributed by atoms with Crippen LogP contribution in [0.5, 0.6) is 0 Å². The third-order valence-corrected chi connectivity index (χ3v) is 2.72. The Labute approximate surface area is 103 Å². The first kappa shape index (κ1) is 11.4. The molecule has 2 aromatic heterocycles. The first-order chi connectivity index (χ1) is 7.61. The van der Waals surface area contributed by atoms with Crippen molar-refractivity contribution in [1.29, 1.82) is 0 Å². The van der Waals surface area contributed by atoms with Crippen LogP contribution in [0.4, 0.5) is 0 Å². The number of halogens is 2. The summed E-state index contributed by atoms with van der Waals surface area (Å²) in [6, 6.07) is 3.55. The molecule has 0 atom stereocenters. The van der Waals surface area contributed by atoms with E-state index in [0.29, 0.717) is 22.4 Å². The summed E-state index contributed by atoms with van der Waals surface area (Å²) < 4.78 is 1.67. The van der Waals surface area contributed by atoms with E-state index in [-0.39, 0.29) is 5.88 Å². The maximum absolute atomic E-state index is 5.94. The molecule has 0 amide bonds. The minimum Gasteiger partial charge on any atom is -0.231 e. The summed E-state index contributed by atoms with van der Waals surface area (Å²) in [6.07, 6.45) is 0. The normalized spacial score (nSPS) is 10.8. The molecular formula is C10H10Cl2N4. The Morgan fingerprint density at radius 1 is 1.25 bits per heavy atom. The van der Waals surface area contributed by atoms with Gasteiger partial charge >= 0.3 is 0 Å². The third kappa shape index (κ3) is 2.03. The van der Waals surface area contributed by atoms with Crippen molar-refractivity contribution in [3.63, 3.8) is 0 Å². The Morgan fingerprint density at radius 2 is 2.00 bits per heavy atom. The van der Waals surface area contributed by atoms with Gasteiger partial charge in [0.2, 0.25) is 0 Å². The van der Waals surface area contributed by atoms with Gasteiger partial charge in [0, 0.05) is 0 Å². The number of aromatic nitrogens is 4. The summed E-state index contributed by atoms with van der Waals surface area (Å²) in [6.45, 7) is 3.71. The Morgan fingerprint density at radius 3 is 2.56 bits per heavy atom. The van der Waals surface area contributed by atoms with Gasteiger partial charge in [0.25, 0.3) is 0 Å². The zero-order valence-corrected chi connectivity index (χ0v) is 10.4. The van der Waals surface area contributed by atoms with Crippen LogP contribution >= 0.6 is 23.2 Å². The molecule has 0 aromatic carbocycles. The average Bonchev–Trinajstić information content (AvgIpc) is 2.59. The van der Waals surface area contributed by atoms with Gasteiger partial charge in [-0.25, -0.2) is 9.97 Å². The second-order valence-corrected chi connectivity index (χ2v) is 4.02. The van der Waals surface area contributed by atoms with Gasteiger partial charge in [-0.05, 0) is 26.0 Å². The second kappa shape index (κ2) is 4.39. The number of hydrogen-bond acceptors (Lipinski definition) is 3. The minimum absolute atomic E-state index is 0.277. The Hall–Kier alpha value is -1.13. The second-order valence-electron chi connectivity index (χ2n) is 3.35. The summed E-state index contributed by atoms with van der Waals surface area (Å²) in [5.74, 6) is 2.45. The highest BCUT2D eigenvalue weighted by atomic mass is 35.5. The van der Waals surface area contributed by atoms with Crippen LogP contribution in [0.1, 0.15) is 17.3 Å². The fraction of sp³-hybridized carbons (Fsp3) is 0.300. The van der Waals surface area contributed by atoms with E-state index in [4.69, 9.17) is 23.2 Å². The van der Waals surface area contributed by atoms with E-state index in [1.807, 2.05) is 13.8 Å². The fourth-order valence-electron chi connectivity index (χ4n) is 1.42. The Kier molecular flexibility index (Phi) is 3.12.